The first kappa shape index (κ1) is 5.48. The van der Waals surface area contributed by atoms with E-state index in [1.807, 2.05) is 0 Å². The molecular formula is C4N4OS. The standard InChI is InChI=1S/C4N4OS/c1-5-7-3(9-1)4-8-6-2-10-4. The van der Waals surface area contributed by atoms with E-state index in [1.165, 1.54) is 11.3 Å². The van der Waals surface area contributed by atoms with Crippen molar-refractivity contribution in [3.63, 3.8) is 0 Å². The van der Waals surface area contributed by atoms with Gasteiger partial charge in [0.2, 0.25) is 5.01 Å². The van der Waals surface area contributed by atoms with E-state index in [4.69, 9.17) is 4.42 Å². The zero-order valence-electron chi connectivity index (χ0n) is 4.61. The molecule has 0 saturated heterocycles. The quantitative estimate of drug-likeness (QED) is 0.583. The van der Waals surface area contributed by atoms with Crippen molar-refractivity contribution in [2.45, 2.75) is 0 Å². The van der Waals surface area contributed by atoms with Gasteiger partial charge in [0.1, 0.15) is 0 Å². The molecule has 2 aromatic heterocycles. The van der Waals surface area contributed by atoms with Crippen LogP contribution in [0.25, 0.3) is 10.9 Å². The van der Waals surface area contributed by atoms with Crippen molar-refractivity contribution in [3.05, 3.63) is 11.9 Å². The smallest absolute Gasteiger partial charge is 0.306 e. The third-order valence-electron chi connectivity index (χ3n) is 0.831. The largest absolute Gasteiger partial charge is 0.410 e. The maximum atomic E-state index is 4.72. The van der Waals surface area contributed by atoms with Crippen LogP contribution in [-0.4, -0.2) is 20.4 Å². The van der Waals surface area contributed by atoms with Crippen molar-refractivity contribution >= 4 is 11.3 Å². The zero-order chi connectivity index (χ0) is 6.81. The fourth-order valence-corrected chi connectivity index (χ4v) is 0.892. The number of hydrogen-bond donors (Lipinski definition) is 0. The summed E-state index contributed by atoms with van der Waals surface area (Å²) in [7, 11) is 0. The van der Waals surface area contributed by atoms with Gasteiger partial charge in [0.15, 0.2) is 5.51 Å². The maximum absolute atomic E-state index is 4.72. The summed E-state index contributed by atoms with van der Waals surface area (Å²) in [6.07, 6.45) is 2.21. The van der Waals surface area contributed by atoms with Crippen molar-refractivity contribution in [1.29, 1.82) is 0 Å². The highest BCUT2D eigenvalue weighted by atomic mass is 32.1. The molecule has 0 aliphatic carbocycles. The maximum Gasteiger partial charge on any atom is 0.306 e. The molecule has 10 heavy (non-hydrogen) atoms. The molecule has 0 atom stereocenters. The second kappa shape index (κ2) is 2.14. The first-order valence-corrected chi connectivity index (χ1v) is 3.18. The summed E-state index contributed by atoms with van der Waals surface area (Å²) in [6, 6.07) is 0. The molecule has 2 rings (SSSR count). The van der Waals surface area contributed by atoms with Gasteiger partial charge < -0.3 is 4.42 Å². The van der Waals surface area contributed by atoms with Gasteiger partial charge in [0.05, 0.1) is 0 Å². The lowest BCUT2D eigenvalue weighted by molar-refractivity contribution is 0.558. The van der Waals surface area contributed by atoms with Gasteiger partial charge >= 0.3 is 6.39 Å². The van der Waals surface area contributed by atoms with E-state index in [0.29, 0.717) is 10.9 Å². The molecule has 0 aliphatic heterocycles. The SMILES string of the molecule is [c]1nnc(-c2nn[c]s2)o1. The summed E-state index contributed by atoms with van der Waals surface area (Å²) in [5.74, 6) is 0.332. The predicted octanol–water partition coefficient (Wildman–Crippen LogP) is 0.188. The summed E-state index contributed by atoms with van der Waals surface area (Å²) in [5, 5.41) is 14.6. The van der Waals surface area contributed by atoms with Gasteiger partial charge in [0, 0.05) is 0 Å². The summed E-state index contributed by atoms with van der Waals surface area (Å²) in [6.45, 7) is 0. The number of aromatic nitrogens is 4. The van der Waals surface area contributed by atoms with Crippen molar-refractivity contribution in [1.82, 2.24) is 20.4 Å². The minimum absolute atomic E-state index is 0.332. The van der Waals surface area contributed by atoms with E-state index in [9.17, 15) is 0 Å². The Balaban J connectivity index is 2.48. The molecule has 0 N–H and O–H groups in total. The Bertz CT molecular complexity index is 257. The highest BCUT2D eigenvalue weighted by molar-refractivity contribution is 7.12. The van der Waals surface area contributed by atoms with E-state index < -0.39 is 0 Å². The van der Waals surface area contributed by atoms with E-state index >= 15 is 0 Å². The van der Waals surface area contributed by atoms with Crippen molar-refractivity contribution in [3.8, 4) is 10.9 Å². The van der Waals surface area contributed by atoms with Crippen LogP contribution in [0.1, 0.15) is 0 Å². The second-order valence-electron chi connectivity index (χ2n) is 1.40. The Labute approximate surface area is 59.7 Å². The Morgan fingerprint density at radius 3 is 2.90 bits per heavy atom. The molecule has 2 heterocycles. The minimum atomic E-state index is 0.332. The summed E-state index contributed by atoms with van der Waals surface area (Å²) < 4.78 is 4.72. The van der Waals surface area contributed by atoms with Gasteiger partial charge in [-0.2, -0.15) is 0 Å². The van der Waals surface area contributed by atoms with Crippen LogP contribution >= 0.6 is 11.3 Å². The third kappa shape index (κ3) is 0.781. The lowest BCUT2D eigenvalue weighted by Crippen LogP contribution is -1.75. The molecule has 0 unspecified atom stereocenters. The lowest BCUT2D eigenvalue weighted by atomic mass is 10.7. The fraction of sp³-hybridized carbons (Fsp3) is 0. The third-order valence-corrected chi connectivity index (χ3v) is 1.45. The van der Waals surface area contributed by atoms with E-state index in [1.54, 1.807) is 0 Å². The van der Waals surface area contributed by atoms with Crippen LogP contribution in [0.4, 0.5) is 0 Å². The topological polar surface area (TPSA) is 64.7 Å². The first-order chi connectivity index (χ1) is 4.97. The van der Waals surface area contributed by atoms with E-state index in [0.717, 1.165) is 0 Å². The van der Waals surface area contributed by atoms with E-state index in [2.05, 4.69) is 32.3 Å². The van der Waals surface area contributed by atoms with Crippen molar-refractivity contribution < 1.29 is 4.42 Å². The molecule has 0 bridgehead atoms. The number of rotatable bonds is 1. The zero-order valence-corrected chi connectivity index (χ0v) is 5.42. The monoisotopic (exact) mass is 152 g/mol. The molecule has 0 spiro atoms. The van der Waals surface area contributed by atoms with Crippen LogP contribution in [0, 0.1) is 11.9 Å². The number of hydrogen-bond acceptors (Lipinski definition) is 6. The van der Waals surface area contributed by atoms with Crippen LogP contribution < -0.4 is 0 Å². The summed E-state index contributed by atoms with van der Waals surface area (Å²) in [5.41, 5.74) is 2.56. The molecule has 48 valence electrons. The molecule has 0 aliphatic rings. The van der Waals surface area contributed by atoms with E-state index in [-0.39, 0.29) is 0 Å². The molecule has 5 nitrogen and oxygen atoms in total. The molecule has 2 aromatic rings. The molecule has 0 saturated carbocycles. The summed E-state index contributed by atoms with van der Waals surface area (Å²) in [4.78, 5) is 0. The van der Waals surface area contributed by atoms with Gasteiger partial charge in [-0.25, -0.2) is 0 Å². The molecule has 0 amide bonds. The normalized spacial score (nSPS) is 10.0. The van der Waals surface area contributed by atoms with Gasteiger partial charge in [-0.1, -0.05) is 11.3 Å². The Hall–Kier alpha value is -1.30. The van der Waals surface area contributed by atoms with Crippen LogP contribution in [0.5, 0.6) is 0 Å². The van der Waals surface area contributed by atoms with Gasteiger partial charge in [-0.05, 0) is 0 Å². The fourth-order valence-electron chi connectivity index (χ4n) is 0.473. The second-order valence-corrected chi connectivity index (χ2v) is 2.17. The average molecular weight is 152 g/mol. The van der Waals surface area contributed by atoms with Gasteiger partial charge in [-0.3, -0.25) is 0 Å². The summed E-state index contributed by atoms with van der Waals surface area (Å²) >= 11 is 1.22. The molecular weight excluding hydrogens is 152 g/mol. The van der Waals surface area contributed by atoms with Crippen LogP contribution in [0.15, 0.2) is 4.42 Å². The van der Waals surface area contributed by atoms with Crippen LogP contribution in [0.3, 0.4) is 0 Å². The Morgan fingerprint density at radius 2 is 2.30 bits per heavy atom. The predicted molar refractivity (Wildman–Crippen MR) is 30.9 cm³/mol. The molecule has 6 heteroatoms. The van der Waals surface area contributed by atoms with Crippen molar-refractivity contribution in [2.24, 2.45) is 0 Å². The Kier molecular flexibility index (Phi) is 1.17. The average Bonchev–Trinajstić information content (AvgIpc) is 2.59. The highest BCUT2D eigenvalue weighted by Gasteiger charge is 2.05. The first-order valence-electron chi connectivity index (χ1n) is 2.36. The van der Waals surface area contributed by atoms with Gasteiger partial charge in [-0.15, -0.1) is 20.4 Å². The Morgan fingerprint density at radius 1 is 1.30 bits per heavy atom. The van der Waals surface area contributed by atoms with Crippen LogP contribution in [-0.2, 0) is 0 Å². The highest BCUT2D eigenvalue weighted by Crippen LogP contribution is 2.15. The van der Waals surface area contributed by atoms with Crippen molar-refractivity contribution in [2.75, 3.05) is 0 Å². The molecule has 2 radical (unpaired) electrons. The number of nitrogens with zero attached hydrogens (tertiary/aromatic N) is 4. The lowest BCUT2D eigenvalue weighted by Gasteiger charge is -1.77. The minimum Gasteiger partial charge on any atom is -0.410 e. The molecule has 0 fully saturated rings. The molecule has 0 aromatic carbocycles. The van der Waals surface area contributed by atoms with Gasteiger partial charge in [0.25, 0.3) is 5.89 Å². The van der Waals surface area contributed by atoms with Crippen LogP contribution in [0.2, 0.25) is 0 Å².